The summed E-state index contributed by atoms with van der Waals surface area (Å²) in [5.41, 5.74) is -1.67. The second-order valence-corrected chi connectivity index (χ2v) is 7.66. The lowest BCUT2D eigenvalue weighted by atomic mass is 9.50. The molecule has 0 radical (unpaired) electrons. The maximum atomic E-state index is 12.4. The number of aliphatic hydroxyl groups excluding tert-OH is 1. The molecule has 0 amide bonds. The predicted octanol–water partition coefficient (Wildman–Crippen LogP) is 0.761. The van der Waals surface area contributed by atoms with Crippen LogP contribution in [-0.2, 0) is 23.8 Å². The van der Waals surface area contributed by atoms with E-state index in [-0.39, 0.29) is 17.9 Å². The van der Waals surface area contributed by atoms with E-state index in [0.717, 1.165) is 0 Å². The van der Waals surface area contributed by atoms with Gasteiger partial charge in [0.25, 0.3) is 0 Å². The summed E-state index contributed by atoms with van der Waals surface area (Å²) in [6.45, 7) is 7.39. The highest BCUT2D eigenvalue weighted by Gasteiger charge is 2.83. The number of esters is 1. The average Bonchev–Trinajstić information content (AvgIpc) is 3.24. The van der Waals surface area contributed by atoms with Crippen molar-refractivity contribution in [2.75, 3.05) is 6.61 Å². The Morgan fingerprint density at radius 3 is 2.65 bits per heavy atom. The molecule has 1 saturated carbocycles. The van der Waals surface area contributed by atoms with Gasteiger partial charge in [0.05, 0.1) is 18.8 Å². The van der Waals surface area contributed by atoms with Gasteiger partial charge in [-0.25, -0.2) is 0 Å². The second kappa shape index (κ2) is 4.23. The minimum absolute atomic E-state index is 0.195. The van der Waals surface area contributed by atoms with Gasteiger partial charge < -0.3 is 19.3 Å². The Morgan fingerprint density at radius 2 is 2.09 bits per heavy atom. The zero-order valence-electron chi connectivity index (χ0n) is 13.8. The van der Waals surface area contributed by atoms with Crippen molar-refractivity contribution in [2.45, 2.75) is 64.1 Å². The quantitative estimate of drug-likeness (QED) is 0.567. The van der Waals surface area contributed by atoms with Gasteiger partial charge in [-0.1, -0.05) is 13.8 Å². The highest BCUT2D eigenvalue weighted by Crippen LogP contribution is 2.71. The Hall–Kier alpha value is -1.24. The number of hydrogen-bond donors (Lipinski definition) is 1. The maximum absolute atomic E-state index is 12.4. The lowest BCUT2D eigenvalue weighted by molar-refractivity contribution is -0.236. The molecule has 4 aliphatic rings. The molecule has 1 spiro atoms. The van der Waals surface area contributed by atoms with Crippen LogP contribution in [-0.4, -0.2) is 53.5 Å². The number of rotatable bonds is 1. The van der Waals surface area contributed by atoms with Gasteiger partial charge in [0.2, 0.25) is 0 Å². The Balaban J connectivity index is 1.89. The lowest BCUT2D eigenvalue weighted by Gasteiger charge is -2.58. The molecule has 3 fully saturated rings. The van der Waals surface area contributed by atoms with Gasteiger partial charge in [0.15, 0.2) is 5.78 Å². The van der Waals surface area contributed by atoms with Crippen LogP contribution < -0.4 is 0 Å². The Bertz CT molecular complexity index is 635. The Kier molecular flexibility index (Phi) is 2.82. The van der Waals surface area contributed by atoms with E-state index in [1.807, 2.05) is 13.8 Å². The second-order valence-electron chi connectivity index (χ2n) is 7.66. The number of ether oxygens (including phenoxy) is 3. The summed E-state index contributed by atoms with van der Waals surface area (Å²) in [4.78, 5) is 24.0. The van der Waals surface area contributed by atoms with Crippen molar-refractivity contribution in [1.82, 2.24) is 0 Å². The molecule has 6 nitrogen and oxygen atoms in total. The molecule has 2 saturated heterocycles. The van der Waals surface area contributed by atoms with Crippen molar-refractivity contribution in [2.24, 2.45) is 10.8 Å². The van der Waals surface area contributed by atoms with Crippen LogP contribution in [0.2, 0.25) is 0 Å². The van der Waals surface area contributed by atoms with Crippen LogP contribution in [0, 0.1) is 10.8 Å². The molecule has 4 rings (SSSR count). The fourth-order valence-corrected chi connectivity index (χ4v) is 5.19. The summed E-state index contributed by atoms with van der Waals surface area (Å²) in [7, 11) is 0. The van der Waals surface area contributed by atoms with Gasteiger partial charge in [-0.15, -0.1) is 0 Å². The molecule has 6 heteroatoms. The molecule has 2 heterocycles. The van der Waals surface area contributed by atoms with Crippen LogP contribution >= 0.6 is 0 Å². The molecule has 1 N–H and O–H groups in total. The molecule has 7 atom stereocenters. The number of Topliss-reactive ketones (excluding diaryl/α,β-unsaturated/α-hetero) is 1. The zero-order valence-corrected chi connectivity index (χ0v) is 13.8. The third-order valence-electron chi connectivity index (χ3n) is 6.86. The molecule has 0 aromatic rings. The van der Waals surface area contributed by atoms with Crippen molar-refractivity contribution in [3.63, 3.8) is 0 Å². The van der Waals surface area contributed by atoms with Crippen molar-refractivity contribution >= 4 is 11.8 Å². The summed E-state index contributed by atoms with van der Waals surface area (Å²) in [5, 5.41) is 10.8. The number of carbonyl (C=O) groups excluding carboxylic acids is 2. The molecule has 2 aliphatic carbocycles. The first kappa shape index (κ1) is 15.3. The maximum Gasteiger partial charge on any atom is 0.302 e. The normalized spacial score (nSPS) is 53.8. The van der Waals surface area contributed by atoms with Gasteiger partial charge in [-0.05, 0) is 18.6 Å². The molecule has 2 bridgehead atoms. The Morgan fingerprint density at radius 1 is 1.43 bits per heavy atom. The number of epoxide rings is 1. The van der Waals surface area contributed by atoms with Gasteiger partial charge in [-0.3, -0.25) is 9.59 Å². The smallest absolute Gasteiger partial charge is 0.302 e. The number of aliphatic hydroxyl groups is 1. The summed E-state index contributed by atoms with van der Waals surface area (Å²) < 4.78 is 17.6. The van der Waals surface area contributed by atoms with Crippen molar-refractivity contribution in [1.29, 1.82) is 0 Å². The van der Waals surface area contributed by atoms with E-state index in [1.165, 1.54) is 6.92 Å². The summed E-state index contributed by atoms with van der Waals surface area (Å²) in [5.74, 6) is -0.667. The molecule has 126 valence electrons. The van der Waals surface area contributed by atoms with E-state index in [4.69, 9.17) is 14.2 Å². The SMILES string of the molecule is CC(=O)OC1CC2OC3C=C(C)C(=O)[C@@H](O)[C@]3(C)[C@]1(C)[C@]21CO1. The monoisotopic (exact) mass is 322 g/mol. The summed E-state index contributed by atoms with van der Waals surface area (Å²) in [6.07, 6.45) is 0.0687. The van der Waals surface area contributed by atoms with E-state index in [1.54, 1.807) is 13.0 Å². The molecule has 23 heavy (non-hydrogen) atoms. The lowest BCUT2D eigenvalue weighted by Crippen LogP contribution is -2.69. The van der Waals surface area contributed by atoms with E-state index in [9.17, 15) is 14.7 Å². The van der Waals surface area contributed by atoms with E-state index in [2.05, 4.69) is 0 Å². The highest BCUT2D eigenvalue weighted by molar-refractivity contribution is 6.00. The molecular weight excluding hydrogens is 300 g/mol. The fraction of sp³-hybridized carbons (Fsp3) is 0.765. The highest BCUT2D eigenvalue weighted by atomic mass is 16.6. The third-order valence-corrected chi connectivity index (χ3v) is 6.86. The third kappa shape index (κ3) is 1.50. The minimum atomic E-state index is -1.21. The van der Waals surface area contributed by atoms with Gasteiger partial charge in [0.1, 0.15) is 17.8 Å². The summed E-state index contributed by atoms with van der Waals surface area (Å²) >= 11 is 0. The first-order valence-electron chi connectivity index (χ1n) is 8.06. The molecule has 3 unspecified atom stereocenters. The van der Waals surface area contributed by atoms with Crippen LogP contribution in [0.25, 0.3) is 0 Å². The van der Waals surface area contributed by atoms with Gasteiger partial charge in [0, 0.05) is 24.2 Å². The van der Waals surface area contributed by atoms with Crippen LogP contribution in [0.15, 0.2) is 11.6 Å². The average molecular weight is 322 g/mol. The minimum Gasteiger partial charge on any atom is -0.462 e. The standard InChI is InChI=1S/C17H22O6/c1-8-5-10-15(3,14(20)13(8)19)16(4)11(22-9(2)18)6-12(23-10)17(16)7-21-17/h5,10-12,14,20H,6-7H2,1-4H3/t10?,11?,12?,14-,15-,16-,17+/m1/s1. The number of carbonyl (C=O) groups is 2. The molecule has 2 aliphatic heterocycles. The van der Waals surface area contributed by atoms with Crippen LogP contribution in [0.1, 0.15) is 34.1 Å². The first-order chi connectivity index (χ1) is 10.7. The molecule has 0 aromatic carbocycles. The van der Waals surface area contributed by atoms with E-state index in [0.29, 0.717) is 18.6 Å². The number of fused-ring (bicyclic) bond motifs is 2. The van der Waals surface area contributed by atoms with Gasteiger partial charge >= 0.3 is 5.97 Å². The van der Waals surface area contributed by atoms with Crippen molar-refractivity contribution in [3.8, 4) is 0 Å². The van der Waals surface area contributed by atoms with Crippen molar-refractivity contribution < 1.29 is 28.9 Å². The van der Waals surface area contributed by atoms with Crippen molar-refractivity contribution in [3.05, 3.63) is 11.6 Å². The topological polar surface area (TPSA) is 85.4 Å². The number of hydrogen-bond acceptors (Lipinski definition) is 6. The number of ketones is 1. The molecule has 0 aromatic heterocycles. The van der Waals surface area contributed by atoms with Crippen LogP contribution in [0.5, 0.6) is 0 Å². The fourth-order valence-electron chi connectivity index (χ4n) is 5.19. The molecular formula is C17H22O6. The van der Waals surface area contributed by atoms with Gasteiger partial charge in [-0.2, -0.15) is 0 Å². The largest absolute Gasteiger partial charge is 0.462 e. The zero-order chi connectivity index (χ0) is 16.8. The first-order valence-corrected chi connectivity index (χ1v) is 8.06. The Labute approximate surface area is 134 Å². The summed E-state index contributed by atoms with van der Waals surface area (Å²) in [6, 6.07) is 0. The predicted molar refractivity (Wildman–Crippen MR) is 78.5 cm³/mol. The van der Waals surface area contributed by atoms with Crippen LogP contribution in [0.4, 0.5) is 0 Å². The van der Waals surface area contributed by atoms with E-state index >= 15 is 0 Å². The van der Waals surface area contributed by atoms with E-state index < -0.39 is 34.7 Å². The van der Waals surface area contributed by atoms with Crippen LogP contribution in [0.3, 0.4) is 0 Å².